The number of carbonyl (C=O) groups excluding carboxylic acids is 1. The second-order valence-electron chi connectivity index (χ2n) is 9.46. The van der Waals surface area contributed by atoms with E-state index in [2.05, 4.69) is 10.3 Å². The van der Waals surface area contributed by atoms with Gasteiger partial charge in [-0.1, -0.05) is 44.2 Å². The highest BCUT2D eigenvalue weighted by Crippen LogP contribution is 2.38. The summed E-state index contributed by atoms with van der Waals surface area (Å²) in [4.78, 5) is 28.0. The van der Waals surface area contributed by atoms with E-state index in [-0.39, 0.29) is 29.9 Å². The number of aromatic nitrogens is 1. The van der Waals surface area contributed by atoms with Crippen molar-refractivity contribution in [1.82, 2.24) is 10.3 Å². The first-order valence-electron chi connectivity index (χ1n) is 10.6. The van der Waals surface area contributed by atoms with E-state index in [1.54, 1.807) is 6.07 Å². The van der Waals surface area contributed by atoms with Crippen molar-refractivity contribution in [3.63, 3.8) is 0 Å². The summed E-state index contributed by atoms with van der Waals surface area (Å²) in [5.74, 6) is -0.509. The van der Waals surface area contributed by atoms with Crippen LogP contribution in [0, 0.1) is 5.92 Å². The summed E-state index contributed by atoms with van der Waals surface area (Å²) in [6, 6.07) is 11.2. The summed E-state index contributed by atoms with van der Waals surface area (Å²) >= 11 is 0. The van der Waals surface area contributed by atoms with E-state index >= 15 is 0 Å². The standard InChI is InChI=1S/C23H32BN3O4/c1-14(2)20(24-30-22(3,4)23(5,6)31-24)27-18(28)13-16-12-17(26-21(29)19(16)25)15-10-8-7-9-11-15/h7-12,14,20H,13,25H2,1-6H3,(H,26,29)(H,27,28). The predicted octanol–water partition coefficient (Wildman–Crippen LogP) is 2.94. The molecule has 31 heavy (non-hydrogen) atoms. The number of benzene rings is 1. The van der Waals surface area contributed by atoms with Crippen LogP contribution in [0.4, 0.5) is 5.69 Å². The van der Waals surface area contributed by atoms with Crippen LogP contribution < -0.4 is 16.6 Å². The van der Waals surface area contributed by atoms with E-state index in [9.17, 15) is 9.59 Å². The Morgan fingerprint density at radius 2 is 1.71 bits per heavy atom. The zero-order chi connectivity index (χ0) is 23.0. The third-order valence-corrected chi connectivity index (χ3v) is 6.20. The van der Waals surface area contributed by atoms with Gasteiger partial charge in [0.1, 0.15) is 5.69 Å². The van der Waals surface area contributed by atoms with Crippen LogP contribution >= 0.6 is 0 Å². The molecule has 1 atom stereocenters. The molecule has 1 fully saturated rings. The van der Waals surface area contributed by atoms with Crippen LogP contribution in [0.5, 0.6) is 0 Å². The van der Waals surface area contributed by atoms with Crippen LogP contribution in [0.3, 0.4) is 0 Å². The third-order valence-electron chi connectivity index (χ3n) is 6.20. The average Bonchev–Trinajstić information content (AvgIpc) is 2.90. The number of hydrogen-bond acceptors (Lipinski definition) is 5. The molecule has 8 heteroatoms. The molecule has 1 aliphatic rings. The van der Waals surface area contributed by atoms with Crippen LogP contribution in [-0.4, -0.2) is 35.2 Å². The Kier molecular flexibility index (Phi) is 6.34. The van der Waals surface area contributed by atoms with Crippen LogP contribution in [0.15, 0.2) is 41.2 Å². The lowest BCUT2D eigenvalue weighted by Gasteiger charge is -2.32. The van der Waals surface area contributed by atoms with Gasteiger partial charge >= 0.3 is 7.12 Å². The summed E-state index contributed by atoms with van der Waals surface area (Å²) in [5.41, 5.74) is 6.60. The Hall–Kier alpha value is -2.58. The second-order valence-corrected chi connectivity index (χ2v) is 9.46. The number of nitrogens with one attached hydrogen (secondary N) is 2. The number of nitrogen functional groups attached to an aromatic ring is 1. The van der Waals surface area contributed by atoms with E-state index < -0.39 is 23.9 Å². The first-order valence-corrected chi connectivity index (χ1v) is 10.6. The van der Waals surface area contributed by atoms with Gasteiger partial charge in [0.15, 0.2) is 0 Å². The van der Waals surface area contributed by atoms with E-state index in [0.29, 0.717) is 11.3 Å². The SMILES string of the molecule is CC(C)C(NC(=O)Cc1cc(-c2ccccc2)[nH]c(=O)c1N)B1OC(C)(C)C(C)(C)O1. The van der Waals surface area contributed by atoms with E-state index in [1.165, 1.54) is 0 Å². The molecular weight excluding hydrogens is 393 g/mol. The number of rotatable bonds is 6. The fourth-order valence-corrected chi connectivity index (χ4v) is 3.54. The minimum absolute atomic E-state index is 0.0156. The van der Waals surface area contributed by atoms with Gasteiger partial charge in [-0.15, -0.1) is 0 Å². The second kappa shape index (κ2) is 8.51. The monoisotopic (exact) mass is 425 g/mol. The van der Waals surface area contributed by atoms with Gasteiger partial charge in [0, 0.05) is 5.69 Å². The molecule has 0 saturated carbocycles. The highest BCUT2D eigenvalue weighted by atomic mass is 16.7. The first-order chi connectivity index (χ1) is 14.4. The summed E-state index contributed by atoms with van der Waals surface area (Å²) in [6.07, 6.45) is -0.0156. The van der Waals surface area contributed by atoms with Gasteiger partial charge in [0.25, 0.3) is 5.56 Å². The Bertz CT molecular complexity index is 986. The number of carbonyl (C=O) groups is 1. The Morgan fingerprint density at radius 1 is 1.13 bits per heavy atom. The molecule has 0 bridgehead atoms. The Labute approximate surface area is 183 Å². The third kappa shape index (κ3) is 4.86. The van der Waals surface area contributed by atoms with Gasteiger partial charge in [-0.25, -0.2) is 0 Å². The molecule has 1 aromatic carbocycles. The average molecular weight is 425 g/mol. The number of hydrogen-bond donors (Lipinski definition) is 3. The number of pyridine rings is 1. The molecule has 7 nitrogen and oxygen atoms in total. The van der Waals surface area contributed by atoms with Crippen LogP contribution in [0.25, 0.3) is 11.3 Å². The van der Waals surface area contributed by atoms with Gasteiger partial charge in [-0.2, -0.15) is 0 Å². The van der Waals surface area contributed by atoms with Crippen molar-refractivity contribution >= 4 is 18.7 Å². The fourth-order valence-electron chi connectivity index (χ4n) is 3.54. The molecule has 0 radical (unpaired) electrons. The van der Waals surface area contributed by atoms with Gasteiger partial charge < -0.3 is 25.3 Å². The van der Waals surface area contributed by atoms with Gasteiger partial charge in [0.2, 0.25) is 5.91 Å². The number of anilines is 1. The molecule has 1 saturated heterocycles. The van der Waals surface area contributed by atoms with Crippen molar-refractivity contribution in [3.8, 4) is 11.3 Å². The quantitative estimate of drug-likeness (QED) is 0.617. The van der Waals surface area contributed by atoms with Crippen LogP contribution in [-0.2, 0) is 20.5 Å². The largest absolute Gasteiger partial charge is 0.482 e. The number of H-pyrrole nitrogens is 1. The van der Waals surface area contributed by atoms with Crippen LogP contribution in [0.2, 0.25) is 0 Å². The molecule has 0 spiro atoms. The molecule has 2 heterocycles. The molecule has 2 aromatic rings. The molecule has 3 rings (SSSR count). The zero-order valence-corrected chi connectivity index (χ0v) is 19.1. The van der Waals surface area contributed by atoms with E-state index in [1.807, 2.05) is 71.9 Å². The van der Waals surface area contributed by atoms with E-state index in [0.717, 1.165) is 5.56 Å². The number of amides is 1. The number of nitrogens with two attached hydrogens (primary N) is 1. The molecule has 166 valence electrons. The summed E-state index contributed by atoms with van der Waals surface area (Å²) in [6.45, 7) is 11.9. The van der Waals surface area contributed by atoms with E-state index in [4.69, 9.17) is 15.0 Å². The maximum Gasteiger partial charge on any atom is 0.482 e. The van der Waals surface area contributed by atoms with Crippen molar-refractivity contribution in [2.24, 2.45) is 5.92 Å². The minimum atomic E-state index is -0.564. The molecule has 1 aliphatic heterocycles. The molecule has 1 unspecified atom stereocenters. The molecule has 1 aromatic heterocycles. The van der Waals surface area contributed by atoms with Crippen molar-refractivity contribution < 1.29 is 14.1 Å². The van der Waals surface area contributed by atoms with Crippen molar-refractivity contribution in [2.75, 3.05) is 5.73 Å². The first kappa shape index (κ1) is 23.1. The normalized spacial score (nSPS) is 18.2. The van der Waals surface area contributed by atoms with Crippen molar-refractivity contribution in [1.29, 1.82) is 0 Å². The molecular formula is C23H32BN3O4. The maximum absolute atomic E-state index is 12.9. The highest BCUT2D eigenvalue weighted by Gasteiger charge is 2.54. The Morgan fingerprint density at radius 3 is 2.26 bits per heavy atom. The van der Waals surface area contributed by atoms with Gasteiger partial charge in [-0.05, 0) is 50.8 Å². The maximum atomic E-state index is 12.9. The minimum Gasteiger partial charge on any atom is -0.402 e. The lowest BCUT2D eigenvalue weighted by molar-refractivity contribution is -0.121. The summed E-state index contributed by atoms with van der Waals surface area (Å²) < 4.78 is 12.3. The van der Waals surface area contributed by atoms with Gasteiger partial charge in [0.05, 0.1) is 23.6 Å². The molecule has 0 aliphatic carbocycles. The smallest absolute Gasteiger partial charge is 0.402 e. The van der Waals surface area contributed by atoms with Crippen molar-refractivity contribution in [3.05, 3.63) is 52.3 Å². The summed E-state index contributed by atoms with van der Waals surface area (Å²) in [7, 11) is -0.564. The lowest BCUT2D eigenvalue weighted by atomic mass is 9.72. The summed E-state index contributed by atoms with van der Waals surface area (Å²) in [5, 5.41) is 3.03. The number of aromatic amines is 1. The highest BCUT2D eigenvalue weighted by molar-refractivity contribution is 6.48. The fraction of sp³-hybridized carbons (Fsp3) is 0.478. The van der Waals surface area contributed by atoms with Crippen LogP contribution in [0.1, 0.15) is 47.1 Å². The molecule has 1 amide bonds. The molecule has 4 N–H and O–H groups in total. The topological polar surface area (TPSA) is 106 Å². The zero-order valence-electron chi connectivity index (χ0n) is 19.1. The Balaban J connectivity index is 1.79. The lowest BCUT2D eigenvalue weighted by Crippen LogP contribution is -2.51. The van der Waals surface area contributed by atoms with Gasteiger partial charge in [-0.3, -0.25) is 9.59 Å². The van der Waals surface area contributed by atoms with Crippen molar-refractivity contribution in [2.45, 2.75) is 65.1 Å². The predicted molar refractivity (Wildman–Crippen MR) is 123 cm³/mol.